The van der Waals surface area contributed by atoms with Gasteiger partial charge in [0.05, 0.1) is 6.04 Å². The van der Waals surface area contributed by atoms with Crippen molar-refractivity contribution in [3.8, 4) is 0 Å². The van der Waals surface area contributed by atoms with Crippen LogP contribution >= 0.6 is 0 Å². The minimum Gasteiger partial charge on any atom is -0.346 e. The van der Waals surface area contributed by atoms with Gasteiger partial charge in [-0.25, -0.2) is 0 Å². The van der Waals surface area contributed by atoms with Crippen LogP contribution in [0.2, 0.25) is 0 Å². The van der Waals surface area contributed by atoms with Gasteiger partial charge in [0.2, 0.25) is 5.91 Å². The highest BCUT2D eigenvalue weighted by Crippen LogP contribution is 2.67. The van der Waals surface area contributed by atoms with Crippen molar-refractivity contribution in [1.82, 2.24) is 5.32 Å². The summed E-state index contributed by atoms with van der Waals surface area (Å²) in [7, 11) is 0. The summed E-state index contributed by atoms with van der Waals surface area (Å²) >= 11 is 0. The molecule has 0 radical (unpaired) electrons. The smallest absolute Gasteiger partial charge is 0.220 e. The molecular formula is C24H37NO2. The van der Waals surface area contributed by atoms with Gasteiger partial charge in [0.15, 0.2) is 5.78 Å². The molecule has 1 saturated heterocycles. The largest absolute Gasteiger partial charge is 0.346 e. The first-order valence-corrected chi connectivity index (χ1v) is 11.7. The zero-order valence-corrected chi connectivity index (χ0v) is 17.4. The van der Waals surface area contributed by atoms with Crippen LogP contribution in [0.15, 0.2) is 0 Å². The molecule has 3 heteroatoms. The lowest BCUT2D eigenvalue weighted by Crippen LogP contribution is -2.67. The SMILES string of the molecule is C[C@H]1CCC(=O)N[C@@H]2C(=O)[C@]3(C)[C@H](CC[C@@H]13)[C@H]1CC[C@@H]3CCCC[C@]3(C)[C@@H]12. The van der Waals surface area contributed by atoms with E-state index >= 15 is 0 Å². The number of fused-ring (bicyclic) bond motifs is 6. The fraction of sp³-hybridized carbons (Fsp3) is 0.917. The molecule has 3 nitrogen and oxygen atoms in total. The van der Waals surface area contributed by atoms with Gasteiger partial charge in [-0.15, -0.1) is 0 Å². The summed E-state index contributed by atoms with van der Waals surface area (Å²) in [4.78, 5) is 26.8. The van der Waals surface area contributed by atoms with Crippen LogP contribution in [0.4, 0.5) is 0 Å². The molecule has 0 aromatic carbocycles. The number of carbonyl (C=O) groups excluding carboxylic acids is 2. The van der Waals surface area contributed by atoms with Crippen molar-refractivity contribution in [3.63, 3.8) is 0 Å². The number of ketones is 1. The Labute approximate surface area is 164 Å². The summed E-state index contributed by atoms with van der Waals surface area (Å²) in [6.07, 6.45) is 11.8. The van der Waals surface area contributed by atoms with E-state index in [4.69, 9.17) is 0 Å². The normalized spacial score (nSPS) is 54.9. The van der Waals surface area contributed by atoms with Gasteiger partial charge in [0.25, 0.3) is 0 Å². The van der Waals surface area contributed by atoms with Crippen LogP contribution in [0.1, 0.15) is 85.0 Å². The Balaban J connectivity index is 1.63. The van der Waals surface area contributed by atoms with E-state index in [0.29, 0.717) is 41.8 Å². The Morgan fingerprint density at radius 2 is 1.70 bits per heavy atom. The number of amides is 1. The number of hydrogen-bond acceptors (Lipinski definition) is 2. The Kier molecular flexibility index (Phi) is 4.09. The quantitative estimate of drug-likeness (QED) is 0.668. The standard InChI is InChI=1S/C24H37NO2/c1-14-7-12-19(26)25-21-20-16(9-8-15-6-4-5-13-23(15,20)2)18-11-10-17(14)24(18,3)22(21)27/h14-18,20-21H,4-13H2,1-3H3,(H,25,26)/t14-,15-,16+,17-,18+,20-,21-,23-,24-/m0/s1. The summed E-state index contributed by atoms with van der Waals surface area (Å²) in [6, 6.07) is -0.222. The number of carbonyl (C=O) groups is 2. The maximum absolute atomic E-state index is 14.1. The average Bonchev–Trinajstić information content (AvgIpc) is 3.00. The molecule has 5 aliphatic rings. The third-order valence-corrected chi connectivity index (χ3v) is 10.4. The van der Waals surface area contributed by atoms with E-state index in [1.54, 1.807) is 0 Å². The molecule has 4 aliphatic carbocycles. The maximum Gasteiger partial charge on any atom is 0.220 e. The molecule has 4 saturated carbocycles. The Bertz CT molecular complexity index is 659. The van der Waals surface area contributed by atoms with E-state index in [1.165, 1.54) is 51.4 Å². The predicted octanol–water partition coefficient (Wildman–Crippen LogP) is 4.74. The van der Waals surface area contributed by atoms with Gasteiger partial charge in [-0.05, 0) is 85.9 Å². The van der Waals surface area contributed by atoms with Crippen molar-refractivity contribution in [1.29, 1.82) is 0 Å². The molecule has 0 unspecified atom stereocenters. The van der Waals surface area contributed by atoms with Crippen LogP contribution < -0.4 is 5.32 Å². The lowest BCUT2D eigenvalue weighted by molar-refractivity contribution is -0.165. The Morgan fingerprint density at radius 1 is 0.926 bits per heavy atom. The van der Waals surface area contributed by atoms with Crippen molar-refractivity contribution in [2.45, 2.75) is 91.0 Å². The van der Waals surface area contributed by atoms with Gasteiger partial charge >= 0.3 is 0 Å². The molecule has 27 heavy (non-hydrogen) atoms. The number of Topliss-reactive ketones (excluding diaryl/α,β-unsaturated/α-hetero) is 1. The van der Waals surface area contributed by atoms with Crippen LogP contribution in [0.25, 0.3) is 0 Å². The van der Waals surface area contributed by atoms with Crippen molar-refractivity contribution >= 4 is 11.7 Å². The van der Waals surface area contributed by atoms with Crippen molar-refractivity contribution in [3.05, 3.63) is 0 Å². The maximum atomic E-state index is 14.1. The molecule has 1 heterocycles. The van der Waals surface area contributed by atoms with E-state index in [0.717, 1.165) is 12.3 Å². The van der Waals surface area contributed by atoms with Crippen molar-refractivity contribution in [2.24, 2.45) is 46.3 Å². The topological polar surface area (TPSA) is 46.2 Å². The molecular weight excluding hydrogens is 334 g/mol. The van der Waals surface area contributed by atoms with Crippen LogP contribution in [0.3, 0.4) is 0 Å². The molecule has 5 fully saturated rings. The van der Waals surface area contributed by atoms with E-state index in [-0.39, 0.29) is 22.8 Å². The molecule has 150 valence electrons. The summed E-state index contributed by atoms with van der Waals surface area (Å²) in [5.41, 5.74) is 0.0363. The summed E-state index contributed by atoms with van der Waals surface area (Å²) in [6.45, 7) is 7.08. The summed E-state index contributed by atoms with van der Waals surface area (Å²) < 4.78 is 0. The second-order valence-corrected chi connectivity index (χ2v) is 11.2. The van der Waals surface area contributed by atoms with E-state index in [9.17, 15) is 9.59 Å². The molecule has 0 spiro atoms. The van der Waals surface area contributed by atoms with Gasteiger partial charge in [-0.2, -0.15) is 0 Å². The van der Waals surface area contributed by atoms with Crippen LogP contribution in [-0.2, 0) is 9.59 Å². The minimum absolute atomic E-state index is 0.127. The average molecular weight is 372 g/mol. The molecule has 1 N–H and O–H groups in total. The van der Waals surface area contributed by atoms with Gasteiger partial charge in [-0.1, -0.05) is 33.6 Å². The predicted molar refractivity (Wildman–Crippen MR) is 106 cm³/mol. The zero-order chi connectivity index (χ0) is 19.0. The fourth-order valence-electron chi connectivity index (χ4n) is 9.08. The van der Waals surface area contributed by atoms with Crippen molar-refractivity contribution < 1.29 is 9.59 Å². The lowest BCUT2D eigenvalue weighted by atomic mass is 9.43. The first kappa shape index (κ1) is 18.2. The van der Waals surface area contributed by atoms with Gasteiger partial charge in [0.1, 0.15) is 0 Å². The minimum atomic E-state index is -0.222. The van der Waals surface area contributed by atoms with Gasteiger partial charge in [0, 0.05) is 11.8 Å². The Hall–Kier alpha value is -0.860. The highest BCUT2D eigenvalue weighted by atomic mass is 16.2. The first-order valence-electron chi connectivity index (χ1n) is 11.7. The first-order chi connectivity index (χ1) is 12.9. The Morgan fingerprint density at radius 3 is 2.52 bits per heavy atom. The van der Waals surface area contributed by atoms with Crippen LogP contribution in [-0.4, -0.2) is 17.7 Å². The van der Waals surface area contributed by atoms with E-state index in [1.807, 2.05) is 0 Å². The molecule has 2 bridgehead atoms. The number of nitrogens with one attached hydrogen (secondary N) is 1. The summed E-state index contributed by atoms with van der Waals surface area (Å²) in [5, 5.41) is 3.32. The second kappa shape index (κ2) is 6.07. The molecule has 9 atom stereocenters. The van der Waals surface area contributed by atoms with Gasteiger partial charge in [-0.3, -0.25) is 9.59 Å². The summed E-state index contributed by atoms with van der Waals surface area (Å²) in [5.74, 6) is 3.80. The molecule has 1 amide bonds. The van der Waals surface area contributed by atoms with Crippen LogP contribution in [0.5, 0.6) is 0 Å². The van der Waals surface area contributed by atoms with Crippen molar-refractivity contribution in [2.75, 3.05) is 0 Å². The molecule has 5 rings (SSSR count). The highest BCUT2D eigenvalue weighted by Gasteiger charge is 2.67. The molecule has 0 aromatic heterocycles. The lowest BCUT2D eigenvalue weighted by Gasteiger charge is -2.62. The number of rotatable bonds is 0. The monoisotopic (exact) mass is 371 g/mol. The van der Waals surface area contributed by atoms with Gasteiger partial charge < -0.3 is 5.32 Å². The second-order valence-electron chi connectivity index (χ2n) is 11.2. The van der Waals surface area contributed by atoms with E-state index < -0.39 is 0 Å². The zero-order valence-electron chi connectivity index (χ0n) is 17.4. The van der Waals surface area contributed by atoms with E-state index in [2.05, 4.69) is 26.1 Å². The third-order valence-electron chi connectivity index (χ3n) is 10.4. The van der Waals surface area contributed by atoms with Crippen LogP contribution in [0, 0.1) is 46.3 Å². The molecule has 1 aliphatic heterocycles. The third kappa shape index (κ3) is 2.32. The molecule has 0 aromatic rings. The number of hydrogen-bond donors (Lipinski definition) is 1. The fourth-order valence-corrected chi connectivity index (χ4v) is 9.08. The highest BCUT2D eigenvalue weighted by molar-refractivity contribution is 5.95.